The van der Waals surface area contributed by atoms with E-state index < -0.39 is 0 Å². The average molecular weight is 467 g/mol. The molecule has 1 amide bonds. The molecular formula is C23H22N4O3S2. The number of methoxy groups -OCH3 is 1. The van der Waals surface area contributed by atoms with Crippen molar-refractivity contribution in [2.75, 3.05) is 24.8 Å². The Morgan fingerprint density at radius 2 is 1.84 bits per heavy atom. The molecule has 0 bridgehead atoms. The number of thioether (sulfide) groups is 1. The maximum Gasteiger partial charge on any atom is 0.236 e. The number of hydrogen-bond acceptors (Lipinski definition) is 8. The van der Waals surface area contributed by atoms with Gasteiger partial charge in [0.15, 0.2) is 11.0 Å². The highest BCUT2D eigenvalue weighted by Gasteiger charge is 2.11. The fourth-order valence-electron chi connectivity index (χ4n) is 2.99. The fraction of sp³-hybridized carbons (Fsp3) is 0.217. The van der Waals surface area contributed by atoms with Crippen LogP contribution in [0, 0.1) is 6.92 Å². The van der Waals surface area contributed by atoms with Gasteiger partial charge in [-0.25, -0.2) is 15.0 Å². The summed E-state index contributed by atoms with van der Waals surface area (Å²) in [6.07, 6.45) is 0. The smallest absolute Gasteiger partial charge is 0.236 e. The molecule has 7 nitrogen and oxygen atoms in total. The summed E-state index contributed by atoms with van der Waals surface area (Å²) in [5.74, 6) is 2.24. The molecular weight excluding hydrogens is 444 g/mol. The third kappa shape index (κ3) is 5.35. The van der Waals surface area contributed by atoms with Crippen molar-refractivity contribution in [3.8, 4) is 22.9 Å². The second-order valence-corrected chi connectivity index (χ2v) is 8.84. The van der Waals surface area contributed by atoms with E-state index in [0.717, 1.165) is 38.0 Å². The van der Waals surface area contributed by atoms with Crippen LogP contribution in [-0.4, -0.2) is 40.3 Å². The Bertz CT molecular complexity index is 1240. The molecule has 4 aromatic rings. The van der Waals surface area contributed by atoms with Gasteiger partial charge in [-0.1, -0.05) is 23.1 Å². The lowest BCUT2D eigenvalue weighted by atomic mass is 10.2. The lowest BCUT2D eigenvalue weighted by Crippen LogP contribution is -2.14. The predicted molar refractivity (Wildman–Crippen MR) is 129 cm³/mol. The molecule has 2 heterocycles. The Labute approximate surface area is 194 Å². The molecule has 0 saturated carbocycles. The van der Waals surface area contributed by atoms with E-state index in [9.17, 15) is 4.79 Å². The van der Waals surface area contributed by atoms with Crippen molar-refractivity contribution in [3.05, 3.63) is 54.2 Å². The largest absolute Gasteiger partial charge is 0.497 e. The zero-order chi connectivity index (χ0) is 22.5. The highest BCUT2D eigenvalue weighted by molar-refractivity contribution is 7.99. The van der Waals surface area contributed by atoms with Crippen molar-refractivity contribution in [2.45, 2.75) is 18.9 Å². The molecule has 2 aromatic carbocycles. The van der Waals surface area contributed by atoms with Crippen LogP contribution in [0.3, 0.4) is 0 Å². The summed E-state index contributed by atoms with van der Waals surface area (Å²) in [7, 11) is 1.63. The number of aryl methyl sites for hydroxylation is 1. The second-order valence-electron chi connectivity index (χ2n) is 6.82. The quantitative estimate of drug-likeness (QED) is 0.282. The molecule has 0 aliphatic heterocycles. The van der Waals surface area contributed by atoms with E-state index in [1.54, 1.807) is 7.11 Å². The Morgan fingerprint density at radius 3 is 2.59 bits per heavy atom. The summed E-state index contributed by atoms with van der Waals surface area (Å²) in [6, 6.07) is 15.2. The molecule has 9 heteroatoms. The number of rotatable bonds is 8. The van der Waals surface area contributed by atoms with Crippen molar-refractivity contribution in [2.24, 2.45) is 0 Å². The number of amides is 1. The van der Waals surface area contributed by atoms with Crippen LogP contribution in [0.15, 0.2) is 53.6 Å². The van der Waals surface area contributed by atoms with Crippen molar-refractivity contribution >= 4 is 44.4 Å². The summed E-state index contributed by atoms with van der Waals surface area (Å²) in [5.41, 5.74) is 2.53. The first kappa shape index (κ1) is 22.0. The van der Waals surface area contributed by atoms with E-state index in [0.29, 0.717) is 17.6 Å². The number of aromatic nitrogens is 3. The van der Waals surface area contributed by atoms with Crippen molar-refractivity contribution in [1.82, 2.24) is 15.0 Å². The van der Waals surface area contributed by atoms with Crippen LogP contribution in [0.25, 0.3) is 21.6 Å². The molecule has 164 valence electrons. The second kappa shape index (κ2) is 9.97. The number of hydrogen-bond donors (Lipinski definition) is 1. The molecule has 32 heavy (non-hydrogen) atoms. The summed E-state index contributed by atoms with van der Waals surface area (Å²) >= 11 is 2.80. The van der Waals surface area contributed by atoms with Crippen LogP contribution < -0.4 is 14.8 Å². The van der Waals surface area contributed by atoms with Gasteiger partial charge in [0.25, 0.3) is 0 Å². The summed E-state index contributed by atoms with van der Waals surface area (Å²) in [5, 5.41) is 4.18. The van der Waals surface area contributed by atoms with Gasteiger partial charge in [-0.15, -0.1) is 0 Å². The number of anilines is 1. The molecule has 0 radical (unpaired) electrons. The monoisotopic (exact) mass is 466 g/mol. The Kier molecular flexibility index (Phi) is 6.87. The SMILES string of the molecule is CCOc1ccc2sc(NC(=O)CSc3cc(C)nc(-c4ccc(OC)cc4)n3)nc2c1. The third-order valence-corrected chi connectivity index (χ3v) is 6.31. The Morgan fingerprint density at radius 1 is 1.06 bits per heavy atom. The van der Waals surface area contributed by atoms with Gasteiger partial charge in [0.2, 0.25) is 5.91 Å². The minimum Gasteiger partial charge on any atom is -0.497 e. The number of fused-ring (bicyclic) bond motifs is 1. The molecule has 0 aliphatic carbocycles. The number of nitrogens with one attached hydrogen (secondary N) is 1. The number of carbonyl (C=O) groups excluding carboxylic acids is 1. The molecule has 0 atom stereocenters. The van der Waals surface area contributed by atoms with Crippen molar-refractivity contribution in [3.63, 3.8) is 0 Å². The molecule has 0 fully saturated rings. The van der Waals surface area contributed by atoms with E-state index in [-0.39, 0.29) is 11.7 Å². The maximum absolute atomic E-state index is 12.5. The molecule has 0 aliphatic rings. The van der Waals surface area contributed by atoms with Gasteiger partial charge in [-0.3, -0.25) is 4.79 Å². The van der Waals surface area contributed by atoms with E-state index in [1.807, 2.05) is 62.4 Å². The van der Waals surface area contributed by atoms with Gasteiger partial charge in [0, 0.05) is 17.3 Å². The minimum absolute atomic E-state index is 0.138. The maximum atomic E-state index is 12.5. The first-order chi connectivity index (χ1) is 15.5. The zero-order valence-electron chi connectivity index (χ0n) is 17.9. The van der Waals surface area contributed by atoms with Gasteiger partial charge in [0.1, 0.15) is 16.5 Å². The molecule has 0 spiro atoms. The number of thiazole rings is 1. The Balaban J connectivity index is 1.41. The minimum atomic E-state index is -0.138. The Hall–Kier alpha value is -3.17. The predicted octanol–water partition coefficient (Wildman–Crippen LogP) is 5.20. The van der Waals surface area contributed by atoms with Gasteiger partial charge in [0.05, 0.1) is 29.7 Å². The van der Waals surface area contributed by atoms with E-state index in [1.165, 1.54) is 23.1 Å². The van der Waals surface area contributed by atoms with Gasteiger partial charge in [-0.05, 0) is 56.3 Å². The lowest BCUT2D eigenvalue weighted by Gasteiger charge is -2.07. The van der Waals surface area contributed by atoms with Crippen LogP contribution in [0.2, 0.25) is 0 Å². The van der Waals surface area contributed by atoms with Gasteiger partial charge >= 0.3 is 0 Å². The standard InChI is InChI=1S/C23H22N4O3S2/c1-4-30-17-9-10-19-18(12-17)25-23(32-19)26-20(28)13-31-21-11-14(2)24-22(27-21)15-5-7-16(29-3)8-6-15/h5-12H,4,13H2,1-3H3,(H,25,26,28). The number of carbonyl (C=O) groups is 1. The summed E-state index contributed by atoms with van der Waals surface area (Å²) in [4.78, 5) is 26.1. The van der Waals surface area contributed by atoms with Crippen LogP contribution in [-0.2, 0) is 4.79 Å². The van der Waals surface area contributed by atoms with E-state index in [4.69, 9.17) is 9.47 Å². The summed E-state index contributed by atoms with van der Waals surface area (Å²) in [6.45, 7) is 4.45. The van der Waals surface area contributed by atoms with Gasteiger partial charge in [-0.2, -0.15) is 0 Å². The molecule has 1 N–H and O–H groups in total. The van der Waals surface area contributed by atoms with Crippen LogP contribution in [0.4, 0.5) is 5.13 Å². The van der Waals surface area contributed by atoms with Crippen molar-refractivity contribution in [1.29, 1.82) is 0 Å². The molecule has 0 saturated heterocycles. The highest BCUT2D eigenvalue weighted by Crippen LogP contribution is 2.29. The number of benzene rings is 2. The number of ether oxygens (including phenoxy) is 2. The molecule has 4 rings (SSSR count). The van der Waals surface area contributed by atoms with E-state index >= 15 is 0 Å². The average Bonchev–Trinajstić information content (AvgIpc) is 3.19. The van der Waals surface area contributed by atoms with Crippen LogP contribution >= 0.6 is 23.1 Å². The highest BCUT2D eigenvalue weighted by atomic mass is 32.2. The van der Waals surface area contributed by atoms with Crippen LogP contribution in [0.5, 0.6) is 11.5 Å². The van der Waals surface area contributed by atoms with Crippen molar-refractivity contribution < 1.29 is 14.3 Å². The molecule has 2 aromatic heterocycles. The third-order valence-electron chi connectivity index (χ3n) is 4.45. The first-order valence-electron chi connectivity index (χ1n) is 10.00. The van der Waals surface area contributed by atoms with Gasteiger partial charge < -0.3 is 14.8 Å². The fourth-order valence-corrected chi connectivity index (χ4v) is 4.61. The normalized spacial score (nSPS) is 10.8. The first-order valence-corrected chi connectivity index (χ1v) is 11.8. The number of nitrogens with zero attached hydrogens (tertiary/aromatic N) is 3. The van der Waals surface area contributed by atoms with Crippen LogP contribution in [0.1, 0.15) is 12.6 Å². The zero-order valence-corrected chi connectivity index (χ0v) is 19.5. The van der Waals surface area contributed by atoms with E-state index in [2.05, 4.69) is 20.3 Å². The lowest BCUT2D eigenvalue weighted by molar-refractivity contribution is -0.113. The topological polar surface area (TPSA) is 86.2 Å². The molecule has 0 unspecified atom stereocenters. The summed E-state index contributed by atoms with van der Waals surface area (Å²) < 4.78 is 11.7.